The van der Waals surface area contributed by atoms with Crippen LogP contribution >= 0.6 is 11.6 Å². The van der Waals surface area contributed by atoms with Crippen LogP contribution in [0.1, 0.15) is 11.5 Å². The average Bonchev–Trinajstić information content (AvgIpc) is 3.18. The Labute approximate surface area is 175 Å². The number of benzene rings is 3. The zero-order chi connectivity index (χ0) is 20.5. The average molecular weight is 415 g/mol. The van der Waals surface area contributed by atoms with Crippen LogP contribution in [0.4, 0.5) is 5.69 Å². The highest BCUT2D eigenvalue weighted by Gasteiger charge is 2.18. The number of H-pyrrole nitrogens is 2. The molecule has 2 aromatic heterocycles. The van der Waals surface area contributed by atoms with Crippen molar-refractivity contribution < 1.29 is 0 Å². The van der Waals surface area contributed by atoms with Crippen molar-refractivity contribution in [2.45, 2.75) is 0 Å². The number of rotatable bonds is 4. The molecule has 146 valence electrons. The number of hydrogen-bond donors (Lipinski definition) is 3. The van der Waals surface area contributed by atoms with E-state index in [9.17, 15) is 4.79 Å². The number of halogens is 1. The van der Waals surface area contributed by atoms with Gasteiger partial charge < -0.3 is 9.97 Å². The summed E-state index contributed by atoms with van der Waals surface area (Å²) in [7, 11) is 0. The highest BCUT2D eigenvalue weighted by atomic mass is 35.5. The van der Waals surface area contributed by atoms with Crippen LogP contribution in [0.5, 0.6) is 0 Å². The minimum absolute atomic E-state index is 0.155. The fourth-order valence-corrected chi connectivity index (χ4v) is 3.34. The van der Waals surface area contributed by atoms with E-state index in [-0.39, 0.29) is 17.0 Å². The third-order valence-electron chi connectivity index (χ3n) is 4.56. The van der Waals surface area contributed by atoms with Gasteiger partial charge in [0.25, 0.3) is 5.56 Å². The van der Waals surface area contributed by atoms with Gasteiger partial charge >= 0.3 is 0 Å². The molecule has 0 aliphatic heterocycles. The molecule has 7 nitrogen and oxygen atoms in total. The number of para-hydroxylation sites is 4. The summed E-state index contributed by atoms with van der Waals surface area (Å²) in [6.07, 6.45) is 0. The second-order valence-electron chi connectivity index (χ2n) is 6.62. The Balaban J connectivity index is 1.69. The van der Waals surface area contributed by atoms with E-state index in [1.807, 2.05) is 54.6 Å². The number of anilines is 1. The van der Waals surface area contributed by atoms with Crippen molar-refractivity contribution in [2.24, 2.45) is 5.10 Å². The largest absolute Gasteiger partial charge is 0.337 e. The van der Waals surface area contributed by atoms with E-state index >= 15 is 0 Å². The topological polar surface area (TPSA) is 98.8 Å². The molecule has 3 aromatic carbocycles. The molecule has 0 aliphatic carbocycles. The van der Waals surface area contributed by atoms with Gasteiger partial charge in [-0.2, -0.15) is 5.10 Å². The van der Waals surface area contributed by atoms with Gasteiger partial charge in [-0.3, -0.25) is 10.2 Å². The van der Waals surface area contributed by atoms with Gasteiger partial charge in [-0.15, -0.1) is 0 Å². The summed E-state index contributed by atoms with van der Waals surface area (Å²) in [4.78, 5) is 28.1. The molecule has 30 heavy (non-hydrogen) atoms. The maximum atomic E-state index is 12.8. The van der Waals surface area contributed by atoms with Crippen molar-refractivity contribution in [3.05, 3.63) is 99.7 Å². The summed E-state index contributed by atoms with van der Waals surface area (Å²) in [5.41, 5.74) is 6.61. The Morgan fingerprint density at radius 3 is 2.30 bits per heavy atom. The highest BCUT2D eigenvalue weighted by molar-refractivity contribution is 6.30. The van der Waals surface area contributed by atoms with Crippen molar-refractivity contribution in [2.75, 3.05) is 5.43 Å². The first-order valence-corrected chi connectivity index (χ1v) is 9.59. The van der Waals surface area contributed by atoms with Crippen LogP contribution < -0.4 is 11.0 Å². The number of nitrogens with zero attached hydrogens (tertiary/aromatic N) is 3. The molecule has 3 N–H and O–H groups in total. The number of fused-ring (bicyclic) bond motifs is 2. The van der Waals surface area contributed by atoms with E-state index in [2.05, 4.69) is 30.5 Å². The predicted octanol–water partition coefficient (Wildman–Crippen LogP) is 4.32. The fraction of sp³-hybridized carbons (Fsp3) is 0. The Morgan fingerprint density at radius 1 is 0.867 bits per heavy atom. The summed E-state index contributed by atoms with van der Waals surface area (Å²) in [5, 5.41) is 5.04. The summed E-state index contributed by atoms with van der Waals surface area (Å²) in [6.45, 7) is 0. The molecule has 8 heteroatoms. The first kappa shape index (κ1) is 18.1. The zero-order valence-corrected chi connectivity index (χ0v) is 16.3. The first-order chi connectivity index (χ1) is 14.7. The van der Waals surface area contributed by atoms with E-state index < -0.39 is 0 Å². The fourth-order valence-electron chi connectivity index (χ4n) is 3.15. The van der Waals surface area contributed by atoms with Crippen LogP contribution in [0.15, 0.2) is 82.7 Å². The summed E-state index contributed by atoms with van der Waals surface area (Å²) < 4.78 is 0. The summed E-state index contributed by atoms with van der Waals surface area (Å²) in [5.74, 6) is 0.430. The smallest absolute Gasteiger partial charge is 0.276 e. The van der Waals surface area contributed by atoms with E-state index in [1.54, 1.807) is 18.2 Å². The van der Waals surface area contributed by atoms with Crippen molar-refractivity contribution in [1.82, 2.24) is 19.9 Å². The van der Waals surface area contributed by atoms with Crippen LogP contribution in [0, 0.1) is 0 Å². The monoisotopic (exact) mass is 414 g/mol. The lowest BCUT2D eigenvalue weighted by Gasteiger charge is -2.06. The normalized spacial score (nSPS) is 11.8. The number of nitrogens with one attached hydrogen (secondary N) is 3. The van der Waals surface area contributed by atoms with Crippen molar-refractivity contribution in [1.29, 1.82) is 0 Å². The van der Waals surface area contributed by atoms with Gasteiger partial charge in [-0.05, 0) is 42.5 Å². The summed E-state index contributed by atoms with van der Waals surface area (Å²) >= 11 is 6.06. The van der Waals surface area contributed by atoms with Crippen LogP contribution in [-0.4, -0.2) is 25.6 Å². The second kappa shape index (κ2) is 7.46. The standard InChI is InChI=1S/C22H15ClN6O/c23-13-6-5-7-14(12-13)28-29-19(21-25-16-9-2-3-10-17(16)26-21)20-22(30)27-18-11-4-1-8-15(18)24-20/h1-12,28H,(H,25,26)(H,27,30)/b29-19-. The van der Waals surface area contributed by atoms with Crippen molar-refractivity contribution >= 4 is 45.1 Å². The maximum absolute atomic E-state index is 12.8. The first-order valence-electron chi connectivity index (χ1n) is 9.21. The van der Waals surface area contributed by atoms with Gasteiger partial charge in [0.1, 0.15) is 0 Å². The molecule has 0 saturated heterocycles. The molecule has 5 aromatic rings. The Kier molecular flexibility index (Phi) is 4.49. The van der Waals surface area contributed by atoms with Gasteiger partial charge in [0.2, 0.25) is 0 Å². The maximum Gasteiger partial charge on any atom is 0.276 e. The lowest BCUT2D eigenvalue weighted by atomic mass is 10.2. The van der Waals surface area contributed by atoms with Gasteiger partial charge in [0.15, 0.2) is 17.2 Å². The molecule has 0 aliphatic rings. The van der Waals surface area contributed by atoms with Gasteiger partial charge in [0, 0.05) is 5.02 Å². The number of hydrogen-bond acceptors (Lipinski definition) is 5. The van der Waals surface area contributed by atoms with Crippen LogP contribution in [-0.2, 0) is 0 Å². The second-order valence-corrected chi connectivity index (χ2v) is 7.05. The number of aromatic nitrogens is 4. The van der Waals surface area contributed by atoms with E-state index in [0.717, 1.165) is 11.0 Å². The Hall–Kier alpha value is -3.97. The lowest BCUT2D eigenvalue weighted by Crippen LogP contribution is -2.23. The molecule has 0 bridgehead atoms. The number of imidazole rings is 1. The number of aromatic amines is 2. The molecule has 0 radical (unpaired) electrons. The zero-order valence-electron chi connectivity index (χ0n) is 15.6. The van der Waals surface area contributed by atoms with Crippen LogP contribution in [0.2, 0.25) is 5.02 Å². The van der Waals surface area contributed by atoms with Gasteiger partial charge in [-0.25, -0.2) is 9.97 Å². The molecule has 2 heterocycles. The van der Waals surface area contributed by atoms with E-state index in [4.69, 9.17) is 11.6 Å². The molecule has 5 rings (SSSR count). The van der Waals surface area contributed by atoms with E-state index in [0.29, 0.717) is 27.6 Å². The minimum Gasteiger partial charge on any atom is -0.337 e. The predicted molar refractivity (Wildman–Crippen MR) is 119 cm³/mol. The quantitative estimate of drug-likeness (QED) is 0.301. The Bertz CT molecular complexity index is 1440. The molecule has 0 atom stereocenters. The third kappa shape index (κ3) is 3.42. The summed E-state index contributed by atoms with van der Waals surface area (Å²) in [6, 6.07) is 22.1. The molecule has 0 unspecified atom stereocenters. The minimum atomic E-state index is -0.360. The molecule has 0 spiro atoms. The van der Waals surface area contributed by atoms with E-state index in [1.165, 1.54) is 0 Å². The van der Waals surface area contributed by atoms with Gasteiger partial charge in [0.05, 0.1) is 27.8 Å². The highest BCUT2D eigenvalue weighted by Crippen LogP contribution is 2.17. The number of hydrazone groups is 1. The molecule has 0 fully saturated rings. The van der Waals surface area contributed by atoms with Gasteiger partial charge in [-0.1, -0.05) is 41.9 Å². The van der Waals surface area contributed by atoms with Crippen molar-refractivity contribution in [3.63, 3.8) is 0 Å². The van der Waals surface area contributed by atoms with Crippen molar-refractivity contribution in [3.8, 4) is 0 Å². The van der Waals surface area contributed by atoms with Crippen LogP contribution in [0.3, 0.4) is 0 Å². The molecule has 0 amide bonds. The molecular formula is C22H15ClN6O. The molecule has 0 saturated carbocycles. The Morgan fingerprint density at radius 2 is 1.57 bits per heavy atom. The van der Waals surface area contributed by atoms with Crippen LogP contribution in [0.25, 0.3) is 22.1 Å². The SMILES string of the molecule is O=c1[nH]c2ccccc2nc1/C(=N/Nc1cccc(Cl)c1)c1nc2ccccc2[nH]1. The molecular weight excluding hydrogens is 400 g/mol. The third-order valence-corrected chi connectivity index (χ3v) is 4.79. The lowest BCUT2D eigenvalue weighted by molar-refractivity contribution is 1.15.